The lowest BCUT2D eigenvalue weighted by atomic mass is 9.97. The SMILES string of the molecule is C=CC(=O)OCC1Cc2ccc(-c3ccc(-c4ccc(OC(=O)C(=C)C)c(OC(=O)C(=C)C)c4)c(F)c3)cc2C1. The van der Waals surface area contributed by atoms with E-state index in [-0.39, 0.29) is 34.1 Å². The highest BCUT2D eigenvalue weighted by molar-refractivity contribution is 5.91. The summed E-state index contributed by atoms with van der Waals surface area (Å²) in [4.78, 5) is 35.7. The van der Waals surface area contributed by atoms with Gasteiger partial charge in [0, 0.05) is 28.7 Å². The summed E-state index contributed by atoms with van der Waals surface area (Å²) in [5.74, 6) is -2.16. The van der Waals surface area contributed by atoms with E-state index in [1.54, 1.807) is 12.1 Å². The molecule has 0 fully saturated rings. The third kappa shape index (κ3) is 6.43. The largest absolute Gasteiger partial charge is 0.462 e. The van der Waals surface area contributed by atoms with Crippen LogP contribution >= 0.6 is 0 Å². The molecule has 0 aromatic heterocycles. The van der Waals surface area contributed by atoms with Gasteiger partial charge in [-0.1, -0.05) is 56.1 Å². The first-order chi connectivity index (χ1) is 19.0. The van der Waals surface area contributed by atoms with Crippen LogP contribution in [0.25, 0.3) is 22.3 Å². The summed E-state index contributed by atoms with van der Waals surface area (Å²) < 4.78 is 31.3. The summed E-state index contributed by atoms with van der Waals surface area (Å²) in [6.45, 7) is 13.8. The van der Waals surface area contributed by atoms with Crippen LogP contribution < -0.4 is 9.47 Å². The van der Waals surface area contributed by atoms with Crippen molar-refractivity contribution in [3.8, 4) is 33.8 Å². The number of esters is 3. The van der Waals surface area contributed by atoms with Crippen molar-refractivity contribution in [3.63, 3.8) is 0 Å². The predicted octanol–water partition coefficient (Wildman–Crippen LogP) is 6.57. The number of fused-ring (bicyclic) bond motifs is 1. The van der Waals surface area contributed by atoms with Gasteiger partial charge in [-0.15, -0.1) is 0 Å². The molecule has 7 heteroatoms. The van der Waals surface area contributed by atoms with Gasteiger partial charge in [-0.2, -0.15) is 0 Å². The lowest BCUT2D eigenvalue weighted by Crippen LogP contribution is -2.12. The van der Waals surface area contributed by atoms with Crippen LogP contribution in [0, 0.1) is 11.7 Å². The summed E-state index contributed by atoms with van der Waals surface area (Å²) in [6.07, 6.45) is 2.73. The quantitative estimate of drug-likeness (QED) is 0.174. The smallest absolute Gasteiger partial charge is 0.338 e. The number of rotatable bonds is 9. The predicted molar refractivity (Wildman–Crippen MR) is 150 cm³/mol. The number of ether oxygens (including phenoxy) is 3. The van der Waals surface area contributed by atoms with Crippen LogP contribution in [0.5, 0.6) is 11.5 Å². The highest BCUT2D eigenvalue weighted by Crippen LogP contribution is 2.37. The molecule has 0 spiro atoms. The summed E-state index contributed by atoms with van der Waals surface area (Å²) >= 11 is 0. The van der Waals surface area contributed by atoms with E-state index in [0.717, 1.165) is 30.0 Å². The van der Waals surface area contributed by atoms with Crippen molar-refractivity contribution < 1.29 is 33.0 Å². The maximum atomic E-state index is 15.4. The minimum atomic E-state index is -0.710. The molecule has 4 rings (SSSR count). The van der Waals surface area contributed by atoms with E-state index >= 15 is 4.39 Å². The van der Waals surface area contributed by atoms with Crippen LogP contribution in [0.1, 0.15) is 25.0 Å². The molecule has 40 heavy (non-hydrogen) atoms. The average molecular weight is 541 g/mol. The molecule has 204 valence electrons. The molecule has 0 aliphatic heterocycles. The molecule has 1 aliphatic carbocycles. The van der Waals surface area contributed by atoms with Gasteiger partial charge in [-0.05, 0) is 72.7 Å². The second kappa shape index (κ2) is 11.9. The molecule has 3 aromatic rings. The van der Waals surface area contributed by atoms with E-state index in [0.29, 0.717) is 17.7 Å². The lowest BCUT2D eigenvalue weighted by molar-refractivity contribution is -0.139. The number of halogens is 1. The zero-order chi connectivity index (χ0) is 29.0. The van der Waals surface area contributed by atoms with Gasteiger partial charge in [0.1, 0.15) is 5.82 Å². The van der Waals surface area contributed by atoms with Crippen molar-refractivity contribution in [2.24, 2.45) is 5.92 Å². The second-order valence-corrected chi connectivity index (χ2v) is 9.79. The molecule has 0 radical (unpaired) electrons. The van der Waals surface area contributed by atoms with Gasteiger partial charge in [0.05, 0.1) is 6.61 Å². The monoisotopic (exact) mass is 540 g/mol. The normalized spacial score (nSPS) is 13.6. The van der Waals surface area contributed by atoms with Crippen molar-refractivity contribution >= 4 is 17.9 Å². The molecule has 0 amide bonds. The third-order valence-corrected chi connectivity index (χ3v) is 6.51. The Balaban J connectivity index is 1.59. The summed E-state index contributed by atoms with van der Waals surface area (Å²) in [5, 5.41) is 0. The number of carbonyl (C=O) groups is 3. The molecular formula is C33H29FO6. The van der Waals surface area contributed by atoms with Gasteiger partial charge >= 0.3 is 17.9 Å². The third-order valence-electron chi connectivity index (χ3n) is 6.51. The molecule has 0 saturated heterocycles. The summed E-state index contributed by atoms with van der Waals surface area (Å²) in [7, 11) is 0. The number of hydrogen-bond donors (Lipinski definition) is 0. The Labute approximate surface area is 232 Å². The van der Waals surface area contributed by atoms with Crippen LogP contribution in [0.2, 0.25) is 0 Å². The van der Waals surface area contributed by atoms with Crippen molar-refractivity contribution in [2.45, 2.75) is 26.7 Å². The first-order valence-corrected chi connectivity index (χ1v) is 12.7. The van der Waals surface area contributed by atoms with Gasteiger partial charge in [-0.25, -0.2) is 18.8 Å². The number of hydrogen-bond acceptors (Lipinski definition) is 6. The van der Waals surface area contributed by atoms with Crippen molar-refractivity contribution in [1.29, 1.82) is 0 Å². The molecule has 1 atom stereocenters. The molecular weight excluding hydrogens is 511 g/mol. The molecule has 1 aliphatic rings. The molecule has 3 aromatic carbocycles. The standard InChI is InChI=1S/C33H29FO6/c1-6-31(35)38-18-21-13-22-7-8-23(15-26(22)14-21)24-9-11-27(28(34)16-24)25-10-12-29(39-32(36)19(2)3)30(17-25)40-33(37)20(4)5/h6-12,15-17,21H,1-2,4,13-14,18H2,3,5H3. The Morgan fingerprint density at radius 2 is 1.43 bits per heavy atom. The van der Waals surface area contributed by atoms with Crippen molar-refractivity contribution in [2.75, 3.05) is 6.61 Å². The molecule has 0 heterocycles. The highest BCUT2D eigenvalue weighted by Gasteiger charge is 2.23. The van der Waals surface area contributed by atoms with Crippen LogP contribution in [0.4, 0.5) is 4.39 Å². The fourth-order valence-corrected chi connectivity index (χ4v) is 4.41. The van der Waals surface area contributed by atoms with Crippen molar-refractivity contribution in [1.82, 2.24) is 0 Å². The first-order valence-electron chi connectivity index (χ1n) is 12.7. The van der Waals surface area contributed by atoms with Crippen LogP contribution in [-0.4, -0.2) is 24.5 Å². The second-order valence-electron chi connectivity index (χ2n) is 9.79. The Morgan fingerprint density at radius 3 is 2.08 bits per heavy atom. The van der Waals surface area contributed by atoms with Crippen molar-refractivity contribution in [3.05, 3.63) is 109 Å². The van der Waals surface area contributed by atoms with E-state index in [4.69, 9.17) is 14.2 Å². The first kappa shape index (κ1) is 28.2. The van der Waals surface area contributed by atoms with E-state index in [2.05, 4.69) is 19.7 Å². The van der Waals surface area contributed by atoms with Crippen LogP contribution in [0.15, 0.2) is 91.6 Å². The Morgan fingerprint density at radius 1 is 0.825 bits per heavy atom. The van der Waals surface area contributed by atoms with Gasteiger partial charge in [0.25, 0.3) is 0 Å². The fraction of sp³-hybridized carbons (Fsp3) is 0.182. The van der Waals surface area contributed by atoms with Gasteiger partial charge < -0.3 is 14.2 Å². The molecule has 0 N–H and O–H groups in total. The number of benzene rings is 3. The molecule has 0 saturated carbocycles. The zero-order valence-electron chi connectivity index (χ0n) is 22.4. The average Bonchev–Trinajstić information content (AvgIpc) is 3.34. The minimum Gasteiger partial charge on any atom is -0.462 e. The van der Waals surface area contributed by atoms with Gasteiger partial charge in [0.15, 0.2) is 11.5 Å². The highest BCUT2D eigenvalue weighted by atomic mass is 19.1. The molecule has 0 bridgehead atoms. The lowest BCUT2D eigenvalue weighted by Gasteiger charge is -2.13. The maximum absolute atomic E-state index is 15.4. The number of carbonyl (C=O) groups excluding carboxylic acids is 3. The molecule has 6 nitrogen and oxygen atoms in total. The fourth-order valence-electron chi connectivity index (χ4n) is 4.41. The topological polar surface area (TPSA) is 78.9 Å². The van der Waals surface area contributed by atoms with Crippen LogP contribution in [0.3, 0.4) is 0 Å². The van der Waals surface area contributed by atoms with E-state index < -0.39 is 23.7 Å². The van der Waals surface area contributed by atoms with E-state index in [9.17, 15) is 14.4 Å². The Kier molecular flexibility index (Phi) is 8.43. The Hall–Kier alpha value is -4.78. The maximum Gasteiger partial charge on any atom is 0.338 e. The van der Waals surface area contributed by atoms with Gasteiger partial charge in [0.2, 0.25) is 0 Å². The summed E-state index contributed by atoms with van der Waals surface area (Å²) in [5.41, 5.74) is 4.92. The molecule has 1 unspecified atom stereocenters. The van der Waals surface area contributed by atoms with E-state index in [1.807, 2.05) is 24.3 Å². The summed E-state index contributed by atoms with van der Waals surface area (Å²) in [6, 6.07) is 15.4. The van der Waals surface area contributed by atoms with Gasteiger partial charge in [-0.3, -0.25) is 0 Å². The minimum absolute atomic E-state index is 0.000850. The van der Waals surface area contributed by atoms with E-state index in [1.165, 1.54) is 37.6 Å². The zero-order valence-corrected chi connectivity index (χ0v) is 22.4. The Bertz CT molecular complexity index is 1550. The van der Waals surface area contributed by atoms with Crippen LogP contribution in [-0.2, 0) is 32.0 Å².